The normalized spacial score (nSPS) is 15.1. The number of carbonyl (C=O) groups is 1. The maximum Gasteiger partial charge on any atom is 0.253 e. The summed E-state index contributed by atoms with van der Waals surface area (Å²) in [4.78, 5) is 19.2. The van der Waals surface area contributed by atoms with Crippen LogP contribution in [0.15, 0.2) is 53.1 Å². The van der Waals surface area contributed by atoms with Crippen LogP contribution in [0.25, 0.3) is 11.4 Å². The van der Waals surface area contributed by atoms with Gasteiger partial charge in [-0.15, -0.1) is 0 Å². The van der Waals surface area contributed by atoms with Crippen LogP contribution >= 0.6 is 0 Å². The molecule has 138 valence electrons. The lowest BCUT2D eigenvalue weighted by atomic mass is 9.96. The van der Waals surface area contributed by atoms with E-state index in [4.69, 9.17) is 4.52 Å². The van der Waals surface area contributed by atoms with Crippen molar-refractivity contribution in [2.24, 2.45) is 0 Å². The minimum absolute atomic E-state index is 0.0966. The van der Waals surface area contributed by atoms with Crippen molar-refractivity contribution >= 4 is 5.91 Å². The number of benzene rings is 2. The lowest BCUT2D eigenvalue weighted by Gasteiger charge is -2.30. The number of likely N-dealkylation sites (tertiary alicyclic amines) is 1. The van der Waals surface area contributed by atoms with Crippen LogP contribution in [0.1, 0.15) is 46.1 Å². The van der Waals surface area contributed by atoms with Gasteiger partial charge >= 0.3 is 0 Å². The van der Waals surface area contributed by atoms with Gasteiger partial charge in [-0.25, -0.2) is 0 Å². The second-order valence-electron chi connectivity index (χ2n) is 7.25. The van der Waals surface area contributed by atoms with Gasteiger partial charge in [-0.1, -0.05) is 52.7 Å². The highest BCUT2D eigenvalue weighted by Crippen LogP contribution is 2.29. The van der Waals surface area contributed by atoms with Gasteiger partial charge in [0.2, 0.25) is 11.7 Å². The number of hydrogen-bond donors (Lipinski definition) is 0. The lowest BCUT2D eigenvalue weighted by Crippen LogP contribution is -2.38. The van der Waals surface area contributed by atoms with Gasteiger partial charge in [-0.2, -0.15) is 4.98 Å². The van der Waals surface area contributed by atoms with Gasteiger partial charge < -0.3 is 9.42 Å². The fourth-order valence-electron chi connectivity index (χ4n) is 3.43. The van der Waals surface area contributed by atoms with Crippen molar-refractivity contribution in [3.63, 3.8) is 0 Å². The average Bonchev–Trinajstić information content (AvgIpc) is 3.19. The third-order valence-corrected chi connectivity index (χ3v) is 5.18. The molecule has 2 aromatic carbocycles. The molecule has 3 aromatic rings. The number of aromatic nitrogens is 2. The summed E-state index contributed by atoms with van der Waals surface area (Å²) < 4.78 is 5.52. The van der Waals surface area contributed by atoms with E-state index in [9.17, 15) is 4.79 Å². The third kappa shape index (κ3) is 3.77. The Labute approximate surface area is 159 Å². The van der Waals surface area contributed by atoms with Gasteiger partial charge in [0, 0.05) is 30.1 Å². The summed E-state index contributed by atoms with van der Waals surface area (Å²) in [5.41, 5.74) is 4.07. The summed E-state index contributed by atoms with van der Waals surface area (Å²) in [5.74, 6) is 1.61. The molecule has 0 aliphatic carbocycles. The average molecular weight is 361 g/mol. The standard InChI is InChI=1S/C22H23N3O2/c1-15-3-7-17(8-4-15)20-23-21(27-24-20)18-11-13-25(14-12-18)22(26)19-9-5-16(2)6-10-19/h3-10,18H,11-14H2,1-2H3. The van der Waals surface area contributed by atoms with Crippen LogP contribution in [0.4, 0.5) is 0 Å². The van der Waals surface area contributed by atoms with Gasteiger partial charge in [-0.3, -0.25) is 4.79 Å². The van der Waals surface area contributed by atoms with Crippen LogP contribution in [-0.4, -0.2) is 34.0 Å². The van der Waals surface area contributed by atoms with Crippen molar-refractivity contribution in [2.75, 3.05) is 13.1 Å². The van der Waals surface area contributed by atoms with Crippen LogP contribution < -0.4 is 0 Å². The van der Waals surface area contributed by atoms with Gasteiger partial charge in [0.15, 0.2) is 0 Å². The summed E-state index contributed by atoms with van der Waals surface area (Å²) in [7, 11) is 0. The Hall–Kier alpha value is -2.95. The highest BCUT2D eigenvalue weighted by molar-refractivity contribution is 5.94. The van der Waals surface area contributed by atoms with E-state index in [2.05, 4.69) is 17.1 Å². The zero-order chi connectivity index (χ0) is 18.8. The van der Waals surface area contributed by atoms with E-state index < -0.39 is 0 Å². The Kier molecular flexibility index (Phi) is 4.75. The molecule has 1 aliphatic rings. The molecule has 4 rings (SSSR count). The van der Waals surface area contributed by atoms with Crippen molar-refractivity contribution < 1.29 is 9.32 Å². The van der Waals surface area contributed by atoms with Crippen LogP contribution in [-0.2, 0) is 0 Å². The number of rotatable bonds is 3. The van der Waals surface area contributed by atoms with E-state index in [1.165, 1.54) is 5.56 Å². The number of aryl methyl sites for hydroxylation is 2. The molecule has 1 aromatic heterocycles. The lowest BCUT2D eigenvalue weighted by molar-refractivity contribution is 0.0704. The van der Waals surface area contributed by atoms with Crippen molar-refractivity contribution in [3.05, 3.63) is 71.1 Å². The molecule has 1 aliphatic heterocycles. The Morgan fingerprint density at radius 2 is 1.56 bits per heavy atom. The zero-order valence-electron chi connectivity index (χ0n) is 15.7. The monoisotopic (exact) mass is 361 g/mol. The van der Waals surface area contributed by atoms with Gasteiger partial charge in [0.1, 0.15) is 0 Å². The van der Waals surface area contributed by atoms with Crippen LogP contribution in [0.5, 0.6) is 0 Å². The molecule has 0 unspecified atom stereocenters. The highest BCUT2D eigenvalue weighted by Gasteiger charge is 2.28. The number of piperidine rings is 1. The molecule has 0 atom stereocenters. The molecule has 5 nitrogen and oxygen atoms in total. The van der Waals surface area contributed by atoms with Gasteiger partial charge in [0.25, 0.3) is 5.91 Å². The number of carbonyl (C=O) groups excluding carboxylic acids is 1. The Bertz CT molecular complexity index is 921. The first-order valence-electron chi connectivity index (χ1n) is 9.37. The number of hydrogen-bond acceptors (Lipinski definition) is 4. The van der Waals surface area contributed by atoms with E-state index in [-0.39, 0.29) is 11.8 Å². The molecule has 27 heavy (non-hydrogen) atoms. The molecule has 1 fully saturated rings. The number of amides is 1. The van der Waals surface area contributed by atoms with Crippen molar-refractivity contribution in [3.8, 4) is 11.4 Å². The molecule has 0 spiro atoms. The summed E-state index contributed by atoms with van der Waals surface area (Å²) in [6, 6.07) is 15.8. The van der Waals surface area contributed by atoms with Gasteiger partial charge in [0.05, 0.1) is 0 Å². The predicted molar refractivity (Wildman–Crippen MR) is 104 cm³/mol. The van der Waals surface area contributed by atoms with Crippen molar-refractivity contribution in [2.45, 2.75) is 32.6 Å². The van der Waals surface area contributed by atoms with E-state index in [1.807, 2.05) is 60.4 Å². The number of nitrogens with zero attached hydrogens (tertiary/aromatic N) is 3. The van der Waals surface area contributed by atoms with Crippen LogP contribution in [0.2, 0.25) is 0 Å². The second kappa shape index (κ2) is 7.35. The van der Waals surface area contributed by atoms with E-state index in [0.717, 1.165) is 29.5 Å². The molecule has 1 saturated heterocycles. The molecule has 0 bridgehead atoms. The SMILES string of the molecule is Cc1ccc(C(=O)N2CCC(c3nc(-c4ccc(C)cc4)no3)CC2)cc1. The topological polar surface area (TPSA) is 59.2 Å². The molecule has 5 heteroatoms. The zero-order valence-corrected chi connectivity index (χ0v) is 15.7. The smallest absolute Gasteiger partial charge is 0.253 e. The largest absolute Gasteiger partial charge is 0.339 e. The Balaban J connectivity index is 1.40. The Morgan fingerprint density at radius 3 is 2.19 bits per heavy atom. The maximum absolute atomic E-state index is 12.6. The summed E-state index contributed by atoms with van der Waals surface area (Å²) in [6.45, 7) is 5.49. The Morgan fingerprint density at radius 1 is 0.963 bits per heavy atom. The van der Waals surface area contributed by atoms with E-state index >= 15 is 0 Å². The highest BCUT2D eigenvalue weighted by atomic mass is 16.5. The predicted octanol–water partition coefficient (Wildman–Crippen LogP) is 4.37. The first-order chi connectivity index (χ1) is 13.1. The quantitative estimate of drug-likeness (QED) is 0.695. The molecule has 0 radical (unpaired) electrons. The molecular weight excluding hydrogens is 338 g/mol. The van der Waals surface area contributed by atoms with E-state index in [1.54, 1.807) is 0 Å². The minimum atomic E-state index is 0.0966. The maximum atomic E-state index is 12.6. The van der Waals surface area contributed by atoms with Crippen LogP contribution in [0, 0.1) is 13.8 Å². The second-order valence-corrected chi connectivity index (χ2v) is 7.25. The molecule has 0 N–H and O–H groups in total. The fourth-order valence-corrected chi connectivity index (χ4v) is 3.43. The summed E-state index contributed by atoms with van der Waals surface area (Å²) in [5, 5.41) is 4.13. The van der Waals surface area contributed by atoms with E-state index in [0.29, 0.717) is 24.8 Å². The van der Waals surface area contributed by atoms with Crippen molar-refractivity contribution in [1.29, 1.82) is 0 Å². The molecule has 2 heterocycles. The third-order valence-electron chi connectivity index (χ3n) is 5.18. The van der Waals surface area contributed by atoms with Gasteiger partial charge in [-0.05, 0) is 38.8 Å². The fraction of sp³-hybridized carbons (Fsp3) is 0.318. The first kappa shape index (κ1) is 17.5. The first-order valence-corrected chi connectivity index (χ1v) is 9.37. The molecule has 1 amide bonds. The van der Waals surface area contributed by atoms with Crippen molar-refractivity contribution in [1.82, 2.24) is 15.0 Å². The van der Waals surface area contributed by atoms with Crippen LogP contribution in [0.3, 0.4) is 0 Å². The summed E-state index contributed by atoms with van der Waals surface area (Å²) in [6.07, 6.45) is 1.68. The molecule has 0 saturated carbocycles. The minimum Gasteiger partial charge on any atom is -0.339 e. The molecular formula is C22H23N3O2. The summed E-state index contributed by atoms with van der Waals surface area (Å²) >= 11 is 0.